The van der Waals surface area contributed by atoms with E-state index in [-0.39, 0.29) is 5.78 Å². The predicted molar refractivity (Wildman–Crippen MR) is 85.6 cm³/mol. The van der Waals surface area contributed by atoms with E-state index in [2.05, 4.69) is 32.9 Å². The van der Waals surface area contributed by atoms with E-state index >= 15 is 0 Å². The van der Waals surface area contributed by atoms with Gasteiger partial charge in [0.2, 0.25) is 5.78 Å². The molecule has 4 nitrogen and oxygen atoms in total. The zero-order valence-electron chi connectivity index (χ0n) is 11.9. The second kappa shape index (κ2) is 6.65. The Morgan fingerprint density at radius 2 is 2.25 bits per heavy atom. The summed E-state index contributed by atoms with van der Waals surface area (Å²) in [5.74, 6) is 0.0555. The van der Waals surface area contributed by atoms with Crippen LogP contribution in [0, 0.1) is 0 Å². The summed E-state index contributed by atoms with van der Waals surface area (Å²) in [7, 11) is 4.02. The molecule has 0 saturated carbocycles. The highest BCUT2D eigenvalue weighted by molar-refractivity contribution is 9.10. The van der Waals surface area contributed by atoms with E-state index in [0.717, 1.165) is 27.9 Å². The lowest BCUT2D eigenvalue weighted by atomic mass is 10.1. The largest absolute Gasteiger partial charge is 0.308 e. The highest BCUT2D eigenvalue weighted by atomic mass is 79.9. The molecule has 0 aliphatic heterocycles. The van der Waals surface area contributed by atoms with Crippen molar-refractivity contribution in [3.8, 4) is 0 Å². The van der Waals surface area contributed by atoms with E-state index in [9.17, 15) is 4.79 Å². The summed E-state index contributed by atoms with van der Waals surface area (Å²) in [6, 6.07) is 2.02. The number of thiophene rings is 1. The monoisotopic (exact) mass is 355 g/mol. The van der Waals surface area contributed by atoms with Gasteiger partial charge in [-0.2, -0.15) is 5.10 Å². The van der Waals surface area contributed by atoms with Gasteiger partial charge in [0.1, 0.15) is 5.69 Å². The van der Waals surface area contributed by atoms with Crippen LogP contribution in [-0.2, 0) is 13.0 Å². The maximum Gasteiger partial charge on any atom is 0.222 e. The van der Waals surface area contributed by atoms with Gasteiger partial charge in [0, 0.05) is 6.54 Å². The normalized spacial score (nSPS) is 11.2. The van der Waals surface area contributed by atoms with Gasteiger partial charge in [-0.05, 0) is 53.5 Å². The Balaban J connectivity index is 2.32. The lowest BCUT2D eigenvalue weighted by molar-refractivity contribution is 0.103. The van der Waals surface area contributed by atoms with Crippen molar-refractivity contribution in [1.82, 2.24) is 14.7 Å². The van der Waals surface area contributed by atoms with Crippen molar-refractivity contribution in [3.63, 3.8) is 0 Å². The van der Waals surface area contributed by atoms with Crippen molar-refractivity contribution in [2.45, 2.75) is 19.9 Å². The summed E-state index contributed by atoms with van der Waals surface area (Å²) in [5, 5.41) is 6.27. The molecule has 2 aromatic rings. The number of hydrogen-bond donors (Lipinski definition) is 0. The van der Waals surface area contributed by atoms with Gasteiger partial charge in [0.25, 0.3) is 0 Å². The van der Waals surface area contributed by atoms with Gasteiger partial charge in [-0.15, -0.1) is 11.3 Å². The second-order valence-corrected chi connectivity index (χ2v) is 6.60. The topological polar surface area (TPSA) is 38.1 Å². The molecule has 0 radical (unpaired) electrons. The molecule has 108 valence electrons. The van der Waals surface area contributed by atoms with Gasteiger partial charge in [-0.3, -0.25) is 9.48 Å². The summed E-state index contributed by atoms with van der Waals surface area (Å²) < 4.78 is 2.54. The van der Waals surface area contributed by atoms with Crippen molar-refractivity contribution in [2.75, 3.05) is 20.6 Å². The van der Waals surface area contributed by atoms with Crippen molar-refractivity contribution < 1.29 is 4.79 Å². The van der Waals surface area contributed by atoms with E-state index < -0.39 is 0 Å². The number of rotatable bonds is 6. The van der Waals surface area contributed by atoms with E-state index in [4.69, 9.17) is 0 Å². The molecular formula is C14H18BrN3OS. The first kappa shape index (κ1) is 15.4. The standard InChI is InChI=1S/C14H18BrN3OS/c1-4-10-5-8-20-14(10)13(19)12-11(15)9-16-18(12)7-6-17(2)3/h5,8-9H,4,6-7H2,1-3H3. The number of likely N-dealkylation sites (N-methyl/N-ethyl adjacent to an activating group) is 1. The zero-order chi connectivity index (χ0) is 14.7. The molecule has 0 bridgehead atoms. The van der Waals surface area contributed by atoms with Gasteiger partial charge >= 0.3 is 0 Å². The number of ketones is 1. The van der Waals surface area contributed by atoms with E-state index in [1.807, 2.05) is 25.5 Å². The van der Waals surface area contributed by atoms with Crippen LogP contribution in [0.25, 0.3) is 0 Å². The van der Waals surface area contributed by atoms with Crippen LogP contribution in [0.3, 0.4) is 0 Å². The van der Waals surface area contributed by atoms with Crippen LogP contribution in [0.1, 0.15) is 27.9 Å². The Hall–Kier alpha value is -0.980. The first-order chi connectivity index (χ1) is 9.54. The molecule has 0 fully saturated rings. The third-order valence-corrected chi connectivity index (χ3v) is 4.64. The SMILES string of the molecule is CCc1ccsc1C(=O)c1c(Br)cnn1CCN(C)C. The van der Waals surface area contributed by atoms with E-state index in [1.54, 1.807) is 10.9 Å². The van der Waals surface area contributed by atoms with Crippen LogP contribution < -0.4 is 0 Å². The molecular weight excluding hydrogens is 338 g/mol. The number of hydrogen-bond acceptors (Lipinski definition) is 4. The third kappa shape index (κ3) is 3.19. The number of carbonyl (C=O) groups is 1. The van der Waals surface area contributed by atoms with Gasteiger partial charge in [0.15, 0.2) is 0 Å². The fraction of sp³-hybridized carbons (Fsp3) is 0.429. The Morgan fingerprint density at radius 1 is 1.50 bits per heavy atom. The maximum atomic E-state index is 12.7. The van der Waals surface area contributed by atoms with Crippen LogP contribution >= 0.6 is 27.3 Å². The van der Waals surface area contributed by atoms with Gasteiger partial charge in [-0.25, -0.2) is 0 Å². The number of halogens is 1. The minimum absolute atomic E-state index is 0.0555. The molecule has 0 saturated heterocycles. The third-order valence-electron chi connectivity index (χ3n) is 3.10. The van der Waals surface area contributed by atoms with Crippen LogP contribution in [0.15, 0.2) is 22.1 Å². The first-order valence-corrected chi connectivity index (χ1v) is 8.19. The molecule has 2 rings (SSSR count). The van der Waals surface area contributed by atoms with Gasteiger partial charge < -0.3 is 4.90 Å². The summed E-state index contributed by atoms with van der Waals surface area (Å²) >= 11 is 4.94. The summed E-state index contributed by atoms with van der Waals surface area (Å²) in [6.45, 7) is 3.61. The average molecular weight is 356 g/mol. The molecule has 0 unspecified atom stereocenters. The van der Waals surface area contributed by atoms with Crippen molar-refractivity contribution >= 4 is 33.0 Å². The molecule has 0 amide bonds. The van der Waals surface area contributed by atoms with Crippen LogP contribution in [0.2, 0.25) is 0 Å². The molecule has 0 atom stereocenters. The predicted octanol–water partition coefficient (Wildman–Crippen LogP) is 3.06. The Labute approximate surface area is 131 Å². The number of carbonyl (C=O) groups excluding carboxylic acids is 1. The Kier molecular flexibility index (Phi) is 5.12. The van der Waals surface area contributed by atoms with Crippen LogP contribution in [0.5, 0.6) is 0 Å². The lowest BCUT2D eigenvalue weighted by Crippen LogP contribution is -2.21. The summed E-state index contributed by atoms with van der Waals surface area (Å²) in [6.07, 6.45) is 2.57. The fourth-order valence-corrected chi connectivity index (χ4v) is 3.39. The molecule has 6 heteroatoms. The number of aromatic nitrogens is 2. The number of aryl methyl sites for hydroxylation is 1. The molecule has 0 aliphatic carbocycles. The molecule has 2 heterocycles. The quantitative estimate of drug-likeness (QED) is 0.747. The number of nitrogens with zero attached hydrogens (tertiary/aromatic N) is 3. The highest BCUT2D eigenvalue weighted by Crippen LogP contribution is 2.25. The molecule has 0 aliphatic rings. The van der Waals surface area contributed by atoms with Crippen molar-refractivity contribution in [2.24, 2.45) is 0 Å². The smallest absolute Gasteiger partial charge is 0.222 e. The highest BCUT2D eigenvalue weighted by Gasteiger charge is 2.21. The van der Waals surface area contributed by atoms with E-state index in [0.29, 0.717) is 12.2 Å². The maximum absolute atomic E-state index is 12.7. The summed E-state index contributed by atoms with van der Waals surface area (Å²) in [4.78, 5) is 15.6. The molecule has 0 aromatic carbocycles. The lowest BCUT2D eigenvalue weighted by Gasteiger charge is -2.11. The Morgan fingerprint density at radius 3 is 2.90 bits per heavy atom. The Bertz CT molecular complexity index is 603. The molecule has 2 aromatic heterocycles. The van der Waals surface area contributed by atoms with Crippen molar-refractivity contribution in [1.29, 1.82) is 0 Å². The minimum Gasteiger partial charge on any atom is -0.308 e. The van der Waals surface area contributed by atoms with Gasteiger partial charge in [-0.1, -0.05) is 6.92 Å². The first-order valence-electron chi connectivity index (χ1n) is 6.51. The molecule has 0 spiro atoms. The molecule has 0 N–H and O–H groups in total. The van der Waals surface area contributed by atoms with Crippen LogP contribution in [-0.4, -0.2) is 41.1 Å². The molecule has 20 heavy (non-hydrogen) atoms. The average Bonchev–Trinajstić information content (AvgIpc) is 3.01. The van der Waals surface area contributed by atoms with E-state index in [1.165, 1.54) is 11.3 Å². The van der Waals surface area contributed by atoms with Crippen molar-refractivity contribution in [3.05, 3.63) is 38.3 Å². The zero-order valence-corrected chi connectivity index (χ0v) is 14.3. The van der Waals surface area contributed by atoms with Crippen LogP contribution in [0.4, 0.5) is 0 Å². The fourth-order valence-electron chi connectivity index (χ4n) is 1.97. The summed E-state index contributed by atoms with van der Waals surface area (Å²) in [5.41, 5.74) is 1.75. The second-order valence-electron chi connectivity index (χ2n) is 4.83. The van der Waals surface area contributed by atoms with Gasteiger partial charge in [0.05, 0.1) is 22.1 Å². The minimum atomic E-state index is 0.0555.